The van der Waals surface area contributed by atoms with Crippen molar-refractivity contribution < 1.29 is 9.59 Å². The van der Waals surface area contributed by atoms with Crippen molar-refractivity contribution in [3.05, 3.63) is 75.7 Å². The third kappa shape index (κ3) is 3.52. The van der Waals surface area contributed by atoms with Gasteiger partial charge in [0.25, 0.3) is 5.91 Å². The molecule has 1 aromatic carbocycles. The quantitative estimate of drug-likeness (QED) is 0.739. The van der Waals surface area contributed by atoms with E-state index in [1.54, 1.807) is 51.4 Å². The molecule has 3 heterocycles. The number of carbonyl (C=O) groups excluding carboxylic acids is 2. The second kappa shape index (κ2) is 7.66. The Labute approximate surface area is 165 Å². The van der Waals surface area contributed by atoms with Crippen LogP contribution in [0.25, 0.3) is 0 Å². The lowest BCUT2D eigenvalue weighted by Crippen LogP contribution is -2.47. The fourth-order valence-electron chi connectivity index (χ4n) is 3.25. The standard InChI is InChI=1S/C20H17N5O2S/c21-10-14-3-1-4-15(9-14)20(27)24-12-16-6-7-23-25(16)18(13-24)19(26)22-11-17-5-2-8-28-17/h1-9,18H,11-13H2,(H,22,26). The van der Waals surface area contributed by atoms with E-state index in [0.717, 1.165) is 10.6 Å². The number of aromatic nitrogens is 2. The summed E-state index contributed by atoms with van der Waals surface area (Å²) in [6, 6.07) is 13.8. The van der Waals surface area contributed by atoms with Crippen molar-refractivity contribution in [1.82, 2.24) is 20.0 Å². The van der Waals surface area contributed by atoms with Crippen LogP contribution in [-0.2, 0) is 17.9 Å². The van der Waals surface area contributed by atoms with Crippen LogP contribution in [0.5, 0.6) is 0 Å². The highest BCUT2D eigenvalue weighted by Gasteiger charge is 2.33. The maximum Gasteiger partial charge on any atom is 0.254 e. The Balaban J connectivity index is 1.54. The summed E-state index contributed by atoms with van der Waals surface area (Å²) < 4.78 is 1.68. The molecule has 4 rings (SSSR count). The second-order valence-electron chi connectivity index (χ2n) is 6.46. The summed E-state index contributed by atoms with van der Waals surface area (Å²) in [5.74, 6) is -0.387. The highest BCUT2D eigenvalue weighted by atomic mass is 32.1. The first-order valence-electron chi connectivity index (χ1n) is 8.77. The smallest absolute Gasteiger partial charge is 0.254 e. The molecule has 0 bridgehead atoms. The van der Waals surface area contributed by atoms with Crippen LogP contribution in [0.4, 0.5) is 0 Å². The van der Waals surface area contributed by atoms with Crippen LogP contribution in [0.1, 0.15) is 32.5 Å². The minimum Gasteiger partial charge on any atom is -0.349 e. The van der Waals surface area contributed by atoms with Gasteiger partial charge in [-0.1, -0.05) is 12.1 Å². The van der Waals surface area contributed by atoms with Gasteiger partial charge in [-0.05, 0) is 35.7 Å². The monoisotopic (exact) mass is 391 g/mol. The van der Waals surface area contributed by atoms with Gasteiger partial charge in [0.1, 0.15) is 6.04 Å². The number of rotatable bonds is 4. The SMILES string of the molecule is N#Cc1cccc(C(=O)N2Cc3ccnn3C(C(=O)NCc3cccs3)C2)c1. The summed E-state index contributed by atoms with van der Waals surface area (Å²) in [6.07, 6.45) is 1.64. The number of fused-ring (bicyclic) bond motifs is 1. The molecule has 1 unspecified atom stereocenters. The van der Waals surface area contributed by atoms with Gasteiger partial charge in [0.2, 0.25) is 5.91 Å². The van der Waals surface area contributed by atoms with Gasteiger partial charge in [-0.3, -0.25) is 14.3 Å². The molecule has 0 spiro atoms. The van der Waals surface area contributed by atoms with E-state index in [4.69, 9.17) is 5.26 Å². The molecule has 1 aliphatic rings. The lowest BCUT2D eigenvalue weighted by atomic mass is 10.1. The Morgan fingerprint density at radius 1 is 1.29 bits per heavy atom. The molecule has 28 heavy (non-hydrogen) atoms. The van der Waals surface area contributed by atoms with Crippen LogP contribution in [0.3, 0.4) is 0 Å². The predicted octanol–water partition coefficient (Wildman–Crippen LogP) is 2.33. The highest BCUT2D eigenvalue weighted by Crippen LogP contribution is 2.23. The van der Waals surface area contributed by atoms with Crippen molar-refractivity contribution >= 4 is 23.2 Å². The van der Waals surface area contributed by atoms with Gasteiger partial charge >= 0.3 is 0 Å². The molecule has 1 N–H and O–H groups in total. The average Bonchev–Trinajstić information content (AvgIpc) is 3.42. The molecule has 0 aliphatic carbocycles. The normalized spacial score (nSPS) is 15.5. The van der Waals surface area contributed by atoms with Gasteiger partial charge in [-0.2, -0.15) is 10.4 Å². The number of nitrogens with one attached hydrogen (secondary N) is 1. The van der Waals surface area contributed by atoms with E-state index in [9.17, 15) is 9.59 Å². The zero-order chi connectivity index (χ0) is 19.5. The molecule has 0 saturated carbocycles. The van der Waals surface area contributed by atoms with Gasteiger partial charge in [0.05, 0.1) is 37.0 Å². The average molecular weight is 391 g/mol. The molecule has 8 heteroatoms. The fourth-order valence-corrected chi connectivity index (χ4v) is 3.90. The van der Waals surface area contributed by atoms with Crippen molar-refractivity contribution in [3.63, 3.8) is 0 Å². The van der Waals surface area contributed by atoms with E-state index < -0.39 is 6.04 Å². The van der Waals surface area contributed by atoms with Crippen LogP contribution in [0.15, 0.2) is 54.0 Å². The minimum absolute atomic E-state index is 0.179. The predicted molar refractivity (Wildman–Crippen MR) is 103 cm³/mol. The summed E-state index contributed by atoms with van der Waals surface area (Å²) in [6.45, 7) is 1.03. The Kier molecular flexibility index (Phi) is 4.91. The Morgan fingerprint density at radius 2 is 2.18 bits per heavy atom. The summed E-state index contributed by atoms with van der Waals surface area (Å²) in [5, 5.41) is 18.2. The molecule has 3 aromatic rings. The largest absolute Gasteiger partial charge is 0.349 e. The lowest BCUT2D eigenvalue weighted by molar-refractivity contribution is -0.125. The zero-order valence-electron chi connectivity index (χ0n) is 14.9. The summed E-state index contributed by atoms with van der Waals surface area (Å²) in [4.78, 5) is 28.5. The molecular formula is C20H17N5O2S. The second-order valence-corrected chi connectivity index (χ2v) is 7.49. The van der Waals surface area contributed by atoms with Crippen LogP contribution in [0.2, 0.25) is 0 Å². The Bertz CT molecular complexity index is 1050. The first kappa shape index (κ1) is 17.9. The maximum absolute atomic E-state index is 13.0. The van der Waals surface area contributed by atoms with Crippen LogP contribution in [0, 0.1) is 11.3 Å². The van der Waals surface area contributed by atoms with Gasteiger partial charge < -0.3 is 10.2 Å². The van der Waals surface area contributed by atoms with Gasteiger partial charge in [0, 0.05) is 16.6 Å². The molecule has 0 fully saturated rings. The van der Waals surface area contributed by atoms with E-state index in [1.807, 2.05) is 29.6 Å². The molecule has 0 saturated heterocycles. The number of amides is 2. The summed E-state index contributed by atoms with van der Waals surface area (Å²) in [7, 11) is 0. The number of nitrogens with zero attached hydrogens (tertiary/aromatic N) is 4. The molecule has 7 nitrogen and oxygen atoms in total. The van der Waals surface area contributed by atoms with E-state index in [2.05, 4.69) is 10.4 Å². The molecular weight excluding hydrogens is 374 g/mol. The number of hydrogen-bond donors (Lipinski definition) is 1. The first-order valence-corrected chi connectivity index (χ1v) is 9.65. The van der Waals surface area contributed by atoms with Gasteiger partial charge in [-0.15, -0.1) is 11.3 Å². The van der Waals surface area contributed by atoms with Gasteiger partial charge in [-0.25, -0.2) is 0 Å². The fraction of sp³-hybridized carbons (Fsp3) is 0.200. The third-order valence-corrected chi connectivity index (χ3v) is 5.52. The molecule has 140 valence electrons. The molecule has 2 aromatic heterocycles. The molecule has 1 atom stereocenters. The van der Waals surface area contributed by atoms with Crippen LogP contribution in [-0.4, -0.2) is 33.0 Å². The van der Waals surface area contributed by atoms with Crippen molar-refractivity contribution in [2.24, 2.45) is 0 Å². The van der Waals surface area contributed by atoms with E-state index in [1.165, 1.54) is 0 Å². The highest BCUT2D eigenvalue weighted by molar-refractivity contribution is 7.09. The number of thiophene rings is 1. The Hall–Kier alpha value is -3.44. The zero-order valence-corrected chi connectivity index (χ0v) is 15.7. The molecule has 0 radical (unpaired) electrons. The maximum atomic E-state index is 13.0. The summed E-state index contributed by atoms with van der Waals surface area (Å²) in [5.41, 5.74) is 1.66. The van der Waals surface area contributed by atoms with Crippen LogP contribution < -0.4 is 5.32 Å². The van der Waals surface area contributed by atoms with Crippen molar-refractivity contribution in [2.75, 3.05) is 6.54 Å². The van der Waals surface area contributed by atoms with Crippen molar-refractivity contribution in [3.8, 4) is 6.07 Å². The van der Waals surface area contributed by atoms with Crippen molar-refractivity contribution in [2.45, 2.75) is 19.1 Å². The number of hydrogen-bond acceptors (Lipinski definition) is 5. The molecule has 2 amide bonds. The van der Waals surface area contributed by atoms with E-state index >= 15 is 0 Å². The van der Waals surface area contributed by atoms with Crippen molar-refractivity contribution in [1.29, 1.82) is 5.26 Å². The summed E-state index contributed by atoms with van der Waals surface area (Å²) >= 11 is 1.58. The van der Waals surface area contributed by atoms with E-state index in [0.29, 0.717) is 24.2 Å². The minimum atomic E-state index is -0.596. The third-order valence-electron chi connectivity index (χ3n) is 4.64. The topological polar surface area (TPSA) is 91.0 Å². The first-order chi connectivity index (χ1) is 13.7. The number of carbonyl (C=O) groups is 2. The number of benzene rings is 1. The van der Waals surface area contributed by atoms with Gasteiger partial charge in [0.15, 0.2) is 0 Å². The lowest BCUT2D eigenvalue weighted by Gasteiger charge is -2.33. The van der Waals surface area contributed by atoms with E-state index in [-0.39, 0.29) is 18.4 Å². The Morgan fingerprint density at radius 3 is 2.96 bits per heavy atom. The van der Waals surface area contributed by atoms with Crippen LogP contribution >= 0.6 is 11.3 Å². The number of nitriles is 1. The molecule has 1 aliphatic heterocycles.